The molecule has 0 bridgehead atoms. The summed E-state index contributed by atoms with van der Waals surface area (Å²) in [5, 5.41) is 49.9. The van der Waals surface area contributed by atoms with Crippen LogP contribution in [0.15, 0.2) is 206 Å². The van der Waals surface area contributed by atoms with E-state index in [1.807, 2.05) is 27.7 Å². The number of fused-ring (bicyclic) bond motifs is 4. The normalized spacial score (nSPS) is 11.6. The van der Waals surface area contributed by atoms with Gasteiger partial charge in [-0.2, -0.15) is 73.1 Å². The number of ether oxygens (including phenoxy) is 4. The smallest absolute Gasteiger partial charge is 0.433 e. The second-order valence-electron chi connectivity index (χ2n) is 26.4. The van der Waals surface area contributed by atoms with Gasteiger partial charge < -0.3 is 29.4 Å². The van der Waals surface area contributed by atoms with Crippen LogP contribution in [0, 0.1) is 0 Å². The molecular formula is C80H68F12N26O10. The molecule has 36 nitrogen and oxygen atoms in total. The molecule has 0 atom stereocenters. The van der Waals surface area contributed by atoms with Crippen molar-refractivity contribution in [3.8, 4) is 46.5 Å². The van der Waals surface area contributed by atoms with E-state index in [-0.39, 0.29) is 35.0 Å². The fourth-order valence-electron chi connectivity index (χ4n) is 12.1. The predicted molar refractivity (Wildman–Crippen MR) is 436 cm³/mol. The highest BCUT2D eigenvalue weighted by Crippen LogP contribution is 2.37. The molecule has 0 aliphatic carbocycles. The molecule has 662 valence electrons. The fourth-order valence-corrected chi connectivity index (χ4v) is 12.1. The van der Waals surface area contributed by atoms with Crippen LogP contribution in [-0.2, 0) is 65.7 Å². The number of benzene rings is 4. The molecule has 12 heterocycles. The van der Waals surface area contributed by atoms with Crippen LogP contribution in [0.3, 0.4) is 0 Å². The number of aromatic nitrogens is 20. The molecule has 0 spiro atoms. The zero-order valence-electron chi connectivity index (χ0n) is 67.6. The molecule has 0 unspecified atom stereocenters. The van der Waals surface area contributed by atoms with Crippen LogP contribution in [0.5, 0.6) is 46.5 Å². The van der Waals surface area contributed by atoms with Gasteiger partial charge in [-0.3, -0.25) is 58.3 Å². The first-order chi connectivity index (χ1) is 61.0. The van der Waals surface area contributed by atoms with E-state index >= 15 is 0 Å². The SMILES string of the molecule is CC.CCc1cc(Oc2ccc3c(ccn3C(=O)Nc3cc(C(F)(F)F)n(C)n3)c2)ncn1.CCc1cc(Oc2ccc3c(ccn3C(=O)Nc3cc(C(F)(F)F)n(C)n3)c2)ncn1.Cn1nc(NC(=O)n2ccc3cc(Oc4cc(/C=N\O)ncn4)ccc32)cc1C(F)(F)F.Cn1nc(NC(=O)n2ccc3cc(Oc4cc(/C=N\O)ncn4)ccc32)cc1C(F)(F)F. The zero-order valence-corrected chi connectivity index (χ0v) is 67.6. The minimum Gasteiger partial charge on any atom is -0.439 e. The Kier molecular flexibility index (Phi) is 27.2. The average molecular weight is 1780 g/mol. The molecule has 0 saturated carbocycles. The van der Waals surface area contributed by atoms with Gasteiger partial charge in [0.15, 0.2) is 23.3 Å². The number of hydrogen-bond acceptors (Lipinski definition) is 24. The van der Waals surface area contributed by atoms with Crippen molar-refractivity contribution < 1.29 is 101 Å². The lowest BCUT2D eigenvalue weighted by Crippen LogP contribution is -2.18. The van der Waals surface area contributed by atoms with Crippen LogP contribution >= 0.6 is 0 Å². The third kappa shape index (κ3) is 22.1. The first-order valence-electron chi connectivity index (χ1n) is 37.4. The molecule has 12 aromatic heterocycles. The number of carbonyl (C=O) groups excluding carboxylic acids is 4. The second-order valence-corrected chi connectivity index (χ2v) is 26.4. The largest absolute Gasteiger partial charge is 0.439 e. The number of nitrogens with one attached hydrogen (secondary N) is 4. The molecule has 4 aromatic carbocycles. The van der Waals surface area contributed by atoms with Crippen LogP contribution in [-0.4, -0.2) is 144 Å². The Morgan fingerprint density at radius 3 is 0.797 bits per heavy atom. The highest BCUT2D eigenvalue weighted by Gasteiger charge is 2.39. The Hall–Kier alpha value is -16.6. The van der Waals surface area contributed by atoms with Gasteiger partial charge in [-0.05, 0) is 110 Å². The fraction of sp³-hybridized carbons (Fsp3) is 0.175. The second kappa shape index (κ2) is 38.4. The molecule has 0 fully saturated rings. The molecule has 16 rings (SSSR count). The Morgan fingerprint density at radius 1 is 0.344 bits per heavy atom. The third-order valence-electron chi connectivity index (χ3n) is 17.9. The quantitative estimate of drug-likeness (QED) is 0.0226. The van der Waals surface area contributed by atoms with Gasteiger partial charge in [-0.1, -0.05) is 38.0 Å². The topological polar surface area (TPSA) is 413 Å². The maximum Gasteiger partial charge on any atom is 0.433 e. The van der Waals surface area contributed by atoms with Crippen LogP contribution in [0.25, 0.3) is 43.6 Å². The molecule has 6 N–H and O–H groups in total. The molecule has 128 heavy (non-hydrogen) atoms. The average Bonchev–Trinajstić information content (AvgIpc) is 1.65. The van der Waals surface area contributed by atoms with Crippen molar-refractivity contribution >= 4 is 103 Å². The Labute approximate surface area is 712 Å². The molecule has 0 radical (unpaired) electrons. The summed E-state index contributed by atoms with van der Waals surface area (Å²) in [6.07, 6.45) is -3.27. The highest BCUT2D eigenvalue weighted by atomic mass is 19.4. The first-order valence-corrected chi connectivity index (χ1v) is 37.4. The van der Waals surface area contributed by atoms with Crippen molar-refractivity contribution in [1.29, 1.82) is 0 Å². The Bertz CT molecular complexity index is 6380. The Morgan fingerprint density at radius 2 is 0.578 bits per heavy atom. The molecule has 0 saturated heterocycles. The summed E-state index contributed by atoms with van der Waals surface area (Å²) >= 11 is 0. The maximum absolute atomic E-state index is 12.9. The number of carbonyl (C=O) groups is 4. The molecule has 0 aliphatic heterocycles. The van der Waals surface area contributed by atoms with Crippen molar-refractivity contribution in [3.05, 3.63) is 241 Å². The van der Waals surface area contributed by atoms with Gasteiger partial charge >= 0.3 is 48.8 Å². The van der Waals surface area contributed by atoms with E-state index in [0.29, 0.717) is 108 Å². The van der Waals surface area contributed by atoms with Gasteiger partial charge in [0.05, 0.1) is 45.9 Å². The summed E-state index contributed by atoms with van der Waals surface area (Å²) in [5.74, 6) is 2.25. The molecule has 48 heteroatoms. The van der Waals surface area contributed by atoms with Crippen molar-refractivity contribution in [2.24, 2.45) is 38.5 Å². The lowest BCUT2D eigenvalue weighted by molar-refractivity contribution is -0.144. The van der Waals surface area contributed by atoms with Crippen LogP contribution in [0.1, 0.15) is 73.2 Å². The summed E-state index contributed by atoms with van der Waals surface area (Å²) in [6, 6.07) is 33.4. The monoisotopic (exact) mass is 1780 g/mol. The molecular weight excluding hydrogens is 1710 g/mol. The number of amides is 4. The van der Waals surface area contributed by atoms with Crippen molar-refractivity contribution in [2.45, 2.75) is 65.2 Å². The maximum atomic E-state index is 12.9. The van der Waals surface area contributed by atoms with E-state index in [0.717, 1.165) is 89.1 Å². The number of nitrogens with zero attached hydrogens (tertiary/aromatic N) is 22. The molecule has 16 aromatic rings. The minimum atomic E-state index is -4.59. The number of anilines is 4. The number of oxime groups is 2. The molecule has 0 aliphatic rings. The van der Waals surface area contributed by atoms with E-state index in [2.05, 4.69) is 91.8 Å². The van der Waals surface area contributed by atoms with E-state index in [1.165, 1.54) is 80.5 Å². The van der Waals surface area contributed by atoms with E-state index in [1.54, 1.807) is 109 Å². The van der Waals surface area contributed by atoms with Crippen molar-refractivity contribution in [3.63, 3.8) is 0 Å². The zero-order chi connectivity index (χ0) is 92.1. The summed E-state index contributed by atoms with van der Waals surface area (Å²) in [4.78, 5) is 82.4. The van der Waals surface area contributed by atoms with Gasteiger partial charge in [0, 0.05) is 134 Å². The summed E-state index contributed by atoms with van der Waals surface area (Å²) in [7, 11) is 4.60. The van der Waals surface area contributed by atoms with Gasteiger partial charge in [-0.15, -0.1) is 0 Å². The minimum absolute atomic E-state index is 0.197. The van der Waals surface area contributed by atoms with Gasteiger partial charge in [-0.25, -0.2) is 59.0 Å². The lowest BCUT2D eigenvalue weighted by atomic mass is 10.2. The standard InChI is InChI=1S/2C20H17F3N6O2.2C19H14F3N7O3.C2H6/c2*1-3-13-9-18(25-11-24-13)31-14-4-5-15-12(8-14)6-7-29(15)19(30)26-17-10-16(20(21,22)23)28(2)27-17;2*1-28-15(19(20,21)22)8-16(27-28)26-18(30)29-5-4-11-6-13(2-3-14(11)29)32-17-7-12(9-25-31)23-10-24-17;1-2/h2*4-11H,3H2,1-2H3,(H,26,27,30);2*2-10,31H,1H3,(H,26,27,30);1-2H3/b;;2*25-9-;. The van der Waals surface area contributed by atoms with Crippen LogP contribution < -0.4 is 40.2 Å². The van der Waals surface area contributed by atoms with Gasteiger partial charge in [0.1, 0.15) is 71.1 Å². The van der Waals surface area contributed by atoms with E-state index in [9.17, 15) is 71.9 Å². The number of aryl methyl sites for hydroxylation is 6. The van der Waals surface area contributed by atoms with Crippen molar-refractivity contribution in [2.75, 3.05) is 21.3 Å². The summed E-state index contributed by atoms with van der Waals surface area (Å²) in [5.41, 5.74) is 0.576. The third-order valence-corrected chi connectivity index (χ3v) is 17.9. The molecule has 4 amide bonds. The number of hydrogen-bond donors (Lipinski definition) is 6. The number of alkyl halides is 12. The van der Waals surface area contributed by atoms with E-state index in [4.69, 9.17) is 29.4 Å². The number of halogens is 12. The summed E-state index contributed by atoms with van der Waals surface area (Å²) in [6.45, 7) is 7.95. The van der Waals surface area contributed by atoms with Crippen molar-refractivity contribution in [1.82, 2.24) is 97.3 Å². The summed E-state index contributed by atoms with van der Waals surface area (Å²) < 4.78 is 186. The van der Waals surface area contributed by atoms with Crippen LogP contribution in [0.4, 0.5) is 95.1 Å². The number of rotatable bonds is 16. The van der Waals surface area contributed by atoms with Gasteiger partial charge in [0.25, 0.3) is 0 Å². The van der Waals surface area contributed by atoms with Crippen LogP contribution in [0.2, 0.25) is 0 Å². The van der Waals surface area contributed by atoms with E-state index < -0.39 is 71.6 Å². The predicted octanol–water partition coefficient (Wildman–Crippen LogP) is 18.0. The van der Waals surface area contributed by atoms with Gasteiger partial charge in [0.2, 0.25) is 23.5 Å². The highest BCUT2D eigenvalue weighted by molar-refractivity contribution is 6.01. The first kappa shape index (κ1) is 90.6. The lowest BCUT2D eigenvalue weighted by Gasteiger charge is -2.07. The Balaban J connectivity index is 0.000000154.